The van der Waals surface area contributed by atoms with E-state index in [1.165, 1.54) is 24.5 Å². The standard InChI is InChI=1S/C28H29FN4O5/c1-35-25-8-7-22-27(31-25)20(21(29)13-30-22)10-12-32-11-9-19-14-33(28(34)38-23(19)15-32)26-17-36-16-24(37-26)18-5-3-2-4-6-18/h2-3,5,7-8,13,16-17,19,23H,4,6,9-12,14-15H2,1H3/t19-,23+/m1/s1. The molecule has 2 aromatic rings. The van der Waals surface area contributed by atoms with Crippen molar-refractivity contribution in [2.45, 2.75) is 31.8 Å². The highest BCUT2D eigenvalue weighted by molar-refractivity contribution is 5.78. The van der Waals surface area contributed by atoms with Crippen molar-refractivity contribution in [3.63, 3.8) is 0 Å². The minimum Gasteiger partial charge on any atom is -0.481 e. The smallest absolute Gasteiger partial charge is 0.417 e. The van der Waals surface area contributed by atoms with Crippen LogP contribution in [0.1, 0.15) is 24.8 Å². The third-order valence-electron chi connectivity index (χ3n) is 7.45. The van der Waals surface area contributed by atoms with E-state index in [4.69, 9.17) is 18.9 Å². The monoisotopic (exact) mass is 520 g/mol. The van der Waals surface area contributed by atoms with Crippen molar-refractivity contribution < 1.29 is 28.1 Å². The average molecular weight is 521 g/mol. The first-order valence-corrected chi connectivity index (χ1v) is 12.9. The number of piperidine rings is 1. The van der Waals surface area contributed by atoms with Crippen LogP contribution in [-0.4, -0.2) is 65.3 Å². The number of aromatic nitrogens is 2. The van der Waals surface area contributed by atoms with Gasteiger partial charge in [0.15, 0.2) is 12.0 Å². The van der Waals surface area contributed by atoms with Crippen molar-refractivity contribution in [3.05, 3.63) is 77.7 Å². The predicted octanol–water partition coefficient (Wildman–Crippen LogP) is 4.43. The van der Waals surface area contributed by atoms with E-state index < -0.39 is 6.09 Å². The summed E-state index contributed by atoms with van der Waals surface area (Å²) in [5.74, 6) is 1.14. The molecule has 0 saturated carbocycles. The molecule has 0 bridgehead atoms. The summed E-state index contributed by atoms with van der Waals surface area (Å²) in [6.07, 6.45) is 12.7. The Hall–Kier alpha value is -3.92. The Morgan fingerprint density at radius 3 is 3.00 bits per heavy atom. The Balaban J connectivity index is 1.08. The lowest BCUT2D eigenvalue weighted by Gasteiger charge is -2.44. The molecule has 0 unspecified atom stereocenters. The number of carbonyl (C=O) groups excluding carboxylic acids is 1. The van der Waals surface area contributed by atoms with E-state index >= 15 is 0 Å². The van der Waals surface area contributed by atoms with Crippen molar-refractivity contribution in [3.8, 4) is 5.88 Å². The van der Waals surface area contributed by atoms with Crippen LogP contribution in [0.15, 0.2) is 66.3 Å². The number of nitrogens with zero attached hydrogens (tertiary/aromatic N) is 4. The van der Waals surface area contributed by atoms with Gasteiger partial charge in [0.25, 0.3) is 0 Å². The summed E-state index contributed by atoms with van der Waals surface area (Å²) < 4.78 is 37.3. The fraction of sp³-hybridized carbons (Fsp3) is 0.393. The van der Waals surface area contributed by atoms with E-state index in [1.54, 1.807) is 18.4 Å². The van der Waals surface area contributed by atoms with Crippen LogP contribution in [0.4, 0.5) is 9.18 Å². The molecule has 6 rings (SSSR count). The first-order chi connectivity index (χ1) is 18.6. The van der Waals surface area contributed by atoms with Gasteiger partial charge in [-0.2, -0.15) is 0 Å². The van der Waals surface area contributed by atoms with Crippen LogP contribution in [-0.2, 0) is 20.6 Å². The number of rotatable bonds is 6. The van der Waals surface area contributed by atoms with Crippen molar-refractivity contribution in [2.24, 2.45) is 5.92 Å². The molecule has 4 aliphatic rings. The van der Waals surface area contributed by atoms with Crippen LogP contribution in [0.2, 0.25) is 0 Å². The Kier molecular flexibility index (Phi) is 6.71. The number of methoxy groups -OCH3 is 1. The van der Waals surface area contributed by atoms with Gasteiger partial charge in [0.2, 0.25) is 11.8 Å². The van der Waals surface area contributed by atoms with E-state index in [2.05, 4.69) is 20.9 Å². The fourth-order valence-electron chi connectivity index (χ4n) is 5.34. The van der Waals surface area contributed by atoms with E-state index in [9.17, 15) is 9.18 Å². The summed E-state index contributed by atoms with van der Waals surface area (Å²) in [6, 6.07) is 3.49. The van der Waals surface area contributed by atoms with Gasteiger partial charge in [0, 0.05) is 37.2 Å². The molecule has 38 heavy (non-hydrogen) atoms. The van der Waals surface area contributed by atoms with E-state index in [-0.39, 0.29) is 17.8 Å². The van der Waals surface area contributed by atoms with Gasteiger partial charge in [0.05, 0.1) is 24.3 Å². The molecule has 2 fully saturated rings. The van der Waals surface area contributed by atoms with Gasteiger partial charge in [0.1, 0.15) is 18.2 Å². The van der Waals surface area contributed by atoms with Crippen LogP contribution in [0, 0.1) is 11.7 Å². The van der Waals surface area contributed by atoms with Gasteiger partial charge in [-0.3, -0.25) is 9.88 Å². The van der Waals surface area contributed by atoms with Gasteiger partial charge in [-0.25, -0.2) is 19.1 Å². The second-order valence-electron chi connectivity index (χ2n) is 9.77. The molecule has 5 heterocycles. The zero-order chi connectivity index (χ0) is 26.1. The molecule has 3 aliphatic heterocycles. The first-order valence-electron chi connectivity index (χ1n) is 12.9. The Labute approximate surface area is 219 Å². The van der Waals surface area contributed by atoms with Crippen LogP contribution in [0.3, 0.4) is 0 Å². The van der Waals surface area contributed by atoms with E-state index in [0.717, 1.165) is 31.4 Å². The Bertz CT molecular complexity index is 1370. The summed E-state index contributed by atoms with van der Waals surface area (Å²) in [5, 5.41) is 0. The van der Waals surface area contributed by atoms with Crippen LogP contribution in [0.25, 0.3) is 11.0 Å². The molecule has 0 radical (unpaired) electrons. The lowest BCUT2D eigenvalue weighted by atomic mass is 9.91. The normalized spacial score (nSPS) is 23.5. The highest BCUT2D eigenvalue weighted by atomic mass is 19.1. The molecule has 2 atom stereocenters. The summed E-state index contributed by atoms with van der Waals surface area (Å²) in [4.78, 5) is 25.3. The summed E-state index contributed by atoms with van der Waals surface area (Å²) >= 11 is 0. The lowest BCUT2D eigenvalue weighted by Crippen LogP contribution is -2.55. The van der Waals surface area contributed by atoms with E-state index in [1.807, 2.05) is 12.2 Å². The third kappa shape index (κ3) is 4.83. The molecule has 0 aromatic carbocycles. The minimum atomic E-state index is -0.454. The maximum atomic E-state index is 14.7. The molecular formula is C28H29FN4O5. The van der Waals surface area contributed by atoms with Crippen molar-refractivity contribution in [2.75, 3.05) is 33.3 Å². The molecular weight excluding hydrogens is 491 g/mol. The average Bonchev–Trinajstić information content (AvgIpc) is 2.96. The van der Waals surface area contributed by atoms with Crippen LogP contribution >= 0.6 is 0 Å². The highest BCUT2D eigenvalue weighted by Gasteiger charge is 2.41. The van der Waals surface area contributed by atoms with Gasteiger partial charge in [-0.05, 0) is 43.9 Å². The van der Waals surface area contributed by atoms with Crippen LogP contribution in [0.5, 0.6) is 5.88 Å². The maximum absolute atomic E-state index is 14.7. The second kappa shape index (κ2) is 10.4. The molecule has 2 saturated heterocycles. The zero-order valence-corrected chi connectivity index (χ0v) is 21.1. The molecule has 1 aliphatic carbocycles. The molecule has 1 amide bonds. The molecule has 9 nitrogen and oxygen atoms in total. The van der Waals surface area contributed by atoms with Crippen molar-refractivity contribution in [1.82, 2.24) is 19.8 Å². The Morgan fingerprint density at radius 1 is 1.24 bits per heavy atom. The van der Waals surface area contributed by atoms with Gasteiger partial charge in [-0.1, -0.05) is 18.2 Å². The largest absolute Gasteiger partial charge is 0.481 e. The van der Waals surface area contributed by atoms with Crippen molar-refractivity contribution >= 4 is 17.1 Å². The number of likely N-dealkylation sites (tertiary alicyclic amines) is 1. The summed E-state index contributed by atoms with van der Waals surface area (Å²) in [5.41, 5.74) is 2.67. The summed E-state index contributed by atoms with van der Waals surface area (Å²) in [7, 11) is 1.53. The van der Waals surface area contributed by atoms with Crippen molar-refractivity contribution in [1.29, 1.82) is 0 Å². The molecule has 198 valence electrons. The number of allylic oxidation sites excluding steroid dienone is 4. The number of ether oxygens (including phenoxy) is 4. The number of halogens is 1. The Morgan fingerprint density at radius 2 is 2.16 bits per heavy atom. The number of fused-ring (bicyclic) bond motifs is 2. The molecule has 0 spiro atoms. The number of hydrogen-bond acceptors (Lipinski definition) is 8. The topological polar surface area (TPSA) is 86.2 Å². The zero-order valence-electron chi connectivity index (χ0n) is 21.1. The molecule has 0 N–H and O–H groups in total. The first kappa shape index (κ1) is 24.4. The summed E-state index contributed by atoms with van der Waals surface area (Å²) in [6.45, 7) is 2.51. The number of pyridine rings is 2. The van der Waals surface area contributed by atoms with E-state index in [0.29, 0.717) is 60.2 Å². The lowest BCUT2D eigenvalue weighted by molar-refractivity contribution is -0.0553. The van der Waals surface area contributed by atoms with Gasteiger partial charge >= 0.3 is 6.09 Å². The van der Waals surface area contributed by atoms with Gasteiger partial charge in [-0.15, -0.1) is 0 Å². The number of hydrogen-bond donors (Lipinski definition) is 0. The van der Waals surface area contributed by atoms with Gasteiger partial charge < -0.3 is 18.9 Å². The number of amides is 1. The molecule has 10 heteroatoms. The fourth-order valence-corrected chi connectivity index (χ4v) is 5.34. The third-order valence-corrected chi connectivity index (χ3v) is 7.45. The SMILES string of the molecule is COc1ccc2ncc(F)c(CCN3CC[C@@H]4CN(C5=COC=C(C6=CC=CCC6)O5)C(=O)O[C@H]4C3)c2n1. The quantitative estimate of drug-likeness (QED) is 0.553. The second-order valence-corrected chi connectivity index (χ2v) is 9.77. The maximum Gasteiger partial charge on any atom is 0.417 e. The van der Waals surface area contributed by atoms with Crippen LogP contribution < -0.4 is 4.74 Å². The molecule has 2 aromatic heterocycles. The minimum absolute atomic E-state index is 0.157. The predicted molar refractivity (Wildman–Crippen MR) is 136 cm³/mol. The number of carbonyl (C=O) groups is 1. The highest BCUT2D eigenvalue weighted by Crippen LogP contribution is 2.33.